The number of imidazole rings is 1. The largest absolute Gasteiger partial charge is 0.454 e. The van der Waals surface area contributed by atoms with Crippen LogP contribution in [0.15, 0.2) is 66.7 Å². The molecule has 2 aliphatic heterocycles. The molecule has 0 radical (unpaired) electrons. The summed E-state index contributed by atoms with van der Waals surface area (Å²) in [4.78, 5) is 22.8. The van der Waals surface area contributed by atoms with Crippen molar-refractivity contribution in [3.8, 4) is 22.6 Å². The average Bonchev–Trinajstić information content (AvgIpc) is 3.61. The van der Waals surface area contributed by atoms with Crippen molar-refractivity contribution in [3.05, 3.63) is 78.1 Å². The van der Waals surface area contributed by atoms with Gasteiger partial charge in [0, 0.05) is 6.54 Å². The summed E-state index contributed by atoms with van der Waals surface area (Å²) in [6.07, 6.45) is 1.47. The van der Waals surface area contributed by atoms with Gasteiger partial charge in [0.05, 0.1) is 17.1 Å². The van der Waals surface area contributed by atoms with Gasteiger partial charge in [0.1, 0.15) is 12.4 Å². The number of nitrogens with one attached hydrogen (secondary N) is 1. The molecule has 2 aliphatic rings. The zero-order valence-electron chi connectivity index (χ0n) is 18.0. The number of aromatic nitrogens is 2. The number of H-pyrrole nitrogens is 1. The van der Waals surface area contributed by atoms with Gasteiger partial charge in [-0.2, -0.15) is 0 Å². The summed E-state index contributed by atoms with van der Waals surface area (Å²) >= 11 is 0. The molecule has 1 atom stereocenters. The van der Waals surface area contributed by atoms with Gasteiger partial charge in [-0.3, -0.25) is 4.90 Å². The molecule has 0 spiro atoms. The van der Waals surface area contributed by atoms with Crippen molar-refractivity contribution >= 4 is 17.1 Å². The van der Waals surface area contributed by atoms with Crippen LogP contribution >= 0.6 is 0 Å². The van der Waals surface area contributed by atoms with Gasteiger partial charge in [0.25, 0.3) is 0 Å². The number of aromatic amines is 1. The van der Waals surface area contributed by atoms with Crippen LogP contribution in [0.1, 0.15) is 30.3 Å². The topological polar surface area (TPSA) is 76.7 Å². The highest BCUT2D eigenvalue weighted by molar-refractivity contribution is 5.82. The molecular formula is C26H23N3O4. The maximum Gasteiger partial charge on any atom is 0.410 e. The summed E-state index contributed by atoms with van der Waals surface area (Å²) in [7, 11) is 0. The third kappa shape index (κ3) is 3.75. The van der Waals surface area contributed by atoms with Gasteiger partial charge in [-0.15, -0.1) is 0 Å². The molecule has 0 bridgehead atoms. The van der Waals surface area contributed by atoms with Crippen molar-refractivity contribution in [2.24, 2.45) is 0 Å². The second-order valence-corrected chi connectivity index (χ2v) is 8.31. The zero-order valence-corrected chi connectivity index (χ0v) is 18.0. The quantitative estimate of drug-likeness (QED) is 0.457. The zero-order chi connectivity index (χ0) is 22.2. The van der Waals surface area contributed by atoms with Crippen LogP contribution in [0.2, 0.25) is 0 Å². The first-order valence-electron chi connectivity index (χ1n) is 11.1. The summed E-state index contributed by atoms with van der Waals surface area (Å²) in [5.41, 5.74) is 4.89. The van der Waals surface area contributed by atoms with Crippen LogP contribution in [0, 0.1) is 0 Å². The first kappa shape index (κ1) is 19.7. The molecule has 3 aromatic carbocycles. The van der Waals surface area contributed by atoms with E-state index in [1.165, 1.54) is 0 Å². The Labute approximate surface area is 190 Å². The number of amides is 1. The Balaban J connectivity index is 1.22. The maximum absolute atomic E-state index is 12.8. The highest BCUT2D eigenvalue weighted by atomic mass is 16.7. The standard InChI is InChI=1S/C26H23N3O4/c30-26(31-15-17-5-2-1-3-6-17)29-12-4-7-22(29)25-27-20-10-8-18(13-21(20)28-25)19-9-11-23-24(14-19)33-16-32-23/h1-3,5-6,8-11,13-14,22H,4,7,12,15-16H2,(H,27,28)/t22-/m0/s1. The lowest BCUT2D eigenvalue weighted by Crippen LogP contribution is -2.31. The highest BCUT2D eigenvalue weighted by Crippen LogP contribution is 2.37. The van der Waals surface area contributed by atoms with Crippen molar-refractivity contribution in [1.29, 1.82) is 0 Å². The van der Waals surface area contributed by atoms with Crippen molar-refractivity contribution in [1.82, 2.24) is 14.9 Å². The fraction of sp³-hybridized carbons (Fsp3) is 0.231. The fourth-order valence-electron chi connectivity index (χ4n) is 4.51. The lowest BCUT2D eigenvalue weighted by Gasteiger charge is -2.22. The van der Waals surface area contributed by atoms with E-state index in [4.69, 9.17) is 19.2 Å². The molecule has 6 rings (SSSR count). The van der Waals surface area contributed by atoms with Crippen LogP contribution < -0.4 is 9.47 Å². The van der Waals surface area contributed by atoms with E-state index < -0.39 is 0 Å². The Morgan fingerprint density at radius 2 is 1.85 bits per heavy atom. The van der Waals surface area contributed by atoms with Gasteiger partial charge in [-0.1, -0.05) is 42.5 Å². The lowest BCUT2D eigenvalue weighted by atomic mass is 10.0. The van der Waals surface area contributed by atoms with E-state index in [-0.39, 0.29) is 25.5 Å². The van der Waals surface area contributed by atoms with Crippen molar-refractivity contribution in [3.63, 3.8) is 0 Å². The smallest absolute Gasteiger partial charge is 0.410 e. The molecule has 1 fully saturated rings. The van der Waals surface area contributed by atoms with Crippen molar-refractivity contribution in [2.75, 3.05) is 13.3 Å². The Hall–Kier alpha value is -4.00. The van der Waals surface area contributed by atoms with Gasteiger partial charge in [-0.05, 0) is 53.8 Å². The Kier molecular flexibility index (Phi) is 4.87. The Morgan fingerprint density at radius 1 is 1.03 bits per heavy atom. The van der Waals surface area contributed by atoms with Crippen LogP contribution in [-0.2, 0) is 11.3 Å². The van der Waals surface area contributed by atoms with Crippen LogP contribution in [0.3, 0.4) is 0 Å². The van der Waals surface area contributed by atoms with Gasteiger partial charge in [0.2, 0.25) is 6.79 Å². The summed E-state index contributed by atoms with van der Waals surface area (Å²) < 4.78 is 16.5. The number of nitrogens with zero attached hydrogens (tertiary/aromatic N) is 2. The number of hydrogen-bond donors (Lipinski definition) is 1. The molecule has 1 saturated heterocycles. The SMILES string of the molecule is O=C(OCc1ccccc1)N1CCC[C@H]1c1nc2ccc(-c3ccc4c(c3)OCO4)cc2[nH]1. The van der Waals surface area contributed by atoms with E-state index in [0.29, 0.717) is 6.54 Å². The lowest BCUT2D eigenvalue weighted by molar-refractivity contribution is 0.0910. The van der Waals surface area contributed by atoms with Crippen LogP contribution in [-0.4, -0.2) is 34.3 Å². The summed E-state index contributed by atoms with van der Waals surface area (Å²) in [6, 6.07) is 21.7. The number of fused-ring (bicyclic) bond motifs is 2. The number of carbonyl (C=O) groups excluding carboxylic acids is 1. The third-order valence-corrected chi connectivity index (χ3v) is 6.21. The third-order valence-electron chi connectivity index (χ3n) is 6.21. The molecule has 1 N–H and O–H groups in total. The van der Waals surface area contributed by atoms with Gasteiger partial charge in [0.15, 0.2) is 11.5 Å². The molecule has 7 nitrogen and oxygen atoms in total. The minimum atomic E-state index is -0.303. The number of carbonyl (C=O) groups is 1. The van der Waals surface area contributed by atoms with Crippen LogP contribution in [0.5, 0.6) is 11.5 Å². The minimum absolute atomic E-state index is 0.116. The predicted octanol–water partition coefficient (Wildman–Crippen LogP) is 5.43. The summed E-state index contributed by atoms with van der Waals surface area (Å²) in [6.45, 7) is 1.19. The Morgan fingerprint density at radius 3 is 2.76 bits per heavy atom. The second-order valence-electron chi connectivity index (χ2n) is 8.31. The van der Waals surface area contributed by atoms with Gasteiger partial charge >= 0.3 is 6.09 Å². The highest BCUT2D eigenvalue weighted by Gasteiger charge is 2.33. The van der Waals surface area contributed by atoms with E-state index in [0.717, 1.165) is 57.9 Å². The molecule has 1 aromatic heterocycles. The van der Waals surface area contributed by atoms with E-state index >= 15 is 0 Å². The summed E-state index contributed by atoms with van der Waals surface area (Å²) in [5, 5.41) is 0. The molecular weight excluding hydrogens is 418 g/mol. The summed E-state index contributed by atoms with van der Waals surface area (Å²) in [5.74, 6) is 2.32. The molecule has 3 heterocycles. The number of rotatable bonds is 4. The van der Waals surface area contributed by atoms with Crippen molar-refractivity contribution in [2.45, 2.75) is 25.5 Å². The molecule has 0 aliphatic carbocycles. The monoisotopic (exact) mass is 441 g/mol. The average molecular weight is 441 g/mol. The Bertz CT molecular complexity index is 1320. The normalized spacial score (nSPS) is 17.0. The first-order valence-corrected chi connectivity index (χ1v) is 11.1. The number of benzene rings is 3. The molecule has 4 aromatic rings. The van der Waals surface area contributed by atoms with E-state index in [9.17, 15) is 4.79 Å². The predicted molar refractivity (Wildman–Crippen MR) is 123 cm³/mol. The number of hydrogen-bond acceptors (Lipinski definition) is 5. The minimum Gasteiger partial charge on any atom is -0.454 e. The maximum atomic E-state index is 12.8. The van der Waals surface area contributed by atoms with E-state index in [1.807, 2.05) is 60.7 Å². The molecule has 33 heavy (non-hydrogen) atoms. The molecule has 7 heteroatoms. The number of likely N-dealkylation sites (tertiary alicyclic amines) is 1. The first-order chi connectivity index (χ1) is 16.2. The molecule has 0 saturated carbocycles. The van der Waals surface area contributed by atoms with Gasteiger partial charge in [-0.25, -0.2) is 9.78 Å². The van der Waals surface area contributed by atoms with Crippen molar-refractivity contribution < 1.29 is 19.0 Å². The van der Waals surface area contributed by atoms with Crippen LogP contribution in [0.25, 0.3) is 22.2 Å². The van der Waals surface area contributed by atoms with E-state index in [2.05, 4.69) is 11.1 Å². The van der Waals surface area contributed by atoms with E-state index in [1.54, 1.807) is 4.90 Å². The molecule has 0 unspecified atom stereocenters. The van der Waals surface area contributed by atoms with Crippen LogP contribution in [0.4, 0.5) is 4.79 Å². The second kappa shape index (κ2) is 8.16. The number of ether oxygens (including phenoxy) is 3. The molecule has 1 amide bonds. The van der Waals surface area contributed by atoms with Gasteiger partial charge < -0.3 is 19.2 Å². The molecule has 166 valence electrons. The fourth-order valence-corrected chi connectivity index (χ4v) is 4.51.